The normalized spacial score (nSPS) is 24.9. The number of carbonyl (C=O) groups excluding carboxylic acids is 1. The van der Waals surface area contributed by atoms with Crippen LogP contribution in [-0.2, 0) is 11.3 Å². The fraction of sp³-hybridized carbons (Fsp3) is 0.408. The van der Waals surface area contributed by atoms with E-state index in [0.717, 1.165) is 47.1 Å². The highest BCUT2D eigenvalue weighted by atomic mass is 19.1. The quantitative estimate of drug-likeness (QED) is 0.181. The van der Waals surface area contributed by atoms with Crippen molar-refractivity contribution in [1.29, 1.82) is 0 Å². The molecular formula is C49H54F2O5. The van der Waals surface area contributed by atoms with Gasteiger partial charge in [0.25, 0.3) is 0 Å². The Morgan fingerprint density at radius 1 is 0.625 bits per heavy atom. The zero-order valence-corrected chi connectivity index (χ0v) is 34.1. The van der Waals surface area contributed by atoms with Gasteiger partial charge in [-0.1, -0.05) is 71.9 Å². The van der Waals surface area contributed by atoms with Crippen LogP contribution < -0.4 is 9.47 Å². The maximum atomic E-state index is 14.9. The number of carbonyl (C=O) groups is 1. The third-order valence-corrected chi connectivity index (χ3v) is 14.7. The Labute approximate surface area is 330 Å². The average Bonchev–Trinajstić information content (AvgIpc) is 3.73. The molecule has 0 heterocycles. The van der Waals surface area contributed by atoms with Crippen LogP contribution in [0.4, 0.5) is 8.78 Å². The molecule has 1 N–H and O–H groups in total. The number of ether oxygens (including phenoxy) is 3. The first kappa shape index (κ1) is 39.5. The van der Waals surface area contributed by atoms with Gasteiger partial charge in [-0.25, -0.2) is 13.6 Å². The molecule has 4 atom stereocenters. The summed E-state index contributed by atoms with van der Waals surface area (Å²) < 4.78 is 45.2. The highest BCUT2D eigenvalue weighted by molar-refractivity contribution is 5.94. The lowest BCUT2D eigenvalue weighted by atomic mass is 9.65. The van der Waals surface area contributed by atoms with Crippen LogP contribution in [0.1, 0.15) is 94.3 Å². The molecule has 7 heteroatoms. The molecule has 0 saturated heterocycles. The molecule has 56 heavy (non-hydrogen) atoms. The van der Waals surface area contributed by atoms with Crippen LogP contribution in [0.2, 0.25) is 0 Å². The molecule has 4 aromatic rings. The lowest BCUT2D eigenvalue weighted by Crippen LogP contribution is -2.29. The van der Waals surface area contributed by atoms with E-state index in [-0.39, 0.29) is 39.9 Å². The van der Waals surface area contributed by atoms with Gasteiger partial charge < -0.3 is 19.3 Å². The SMILES string of the molecule is COC(=O)c1ccc(-c2cc(OC)ccc2F)c(C2=C[C@H]3CC[C@]2(C)C3(C)C)c1.COc1ccc(F)c(-c2ccc(CO)cc2C2=C[C@H]3CC[C@]2(C)C3(C)C)c1. The number of methoxy groups -OCH3 is 3. The molecule has 0 aliphatic heterocycles. The van der Waals surface area contributed by atoms with Gasteiger partial charge >= 0.3 is 5.97 Å². The predicted molar refractivity (Wildman–Crippen MR) is 219 cm³/mol. The number of aliphatic hydroxyl groups is 1. The van der Waals surface area contributed by atoms with Gasteiger partial charge in [-0.3, -0.25) is 0 Å². The molecule has 2 fully saturated rings. The van der Waals surface area contributed by atoms with Crippen molar-refractivity contribution in [3.8, 4) is 33.8 Å². The van der Waals surface area contributed by atoms with E-state index in [0.29, 0.717) is 40.0 Å². The zero-order chi connectivity index (χ0) is 40.4. The fourth-order valence-corrected chi connectivity index (χ4v) is 10.2. The molecule has 4 bridgehead atoms. The van der Waals surface area contributed by atoms with E-state index in [1.165, 1.54) is 36.8 Å². The minimum Gasteiger partial charge on any atom is -0.497 e. The van der Waals surface area contributed by atoms with E-state index < -0.39 is 5.97 Å². The number of allylic oxidation sites excluding steroid dienone is 4. The van der Waals surface area contributed by atoms with Crippen molar-refractivity contribution in [3.05, 3.63) is 119 Å². The summed E-state index contributed by atoms with van der Waals surface area (Å²) in [6, 6.07) is 20.8. The van der Waals surface area contributed by atoms with Crippen LogP contribution in [0.3, 0.4) is 0 Å². The van der Waals surface area contributed by atoms with Crippen molar-refractivity contribution >= 4 is 17.1 Å². The molecule has 4 aliphatic rings. The van der Waals surface area contributed by atoms with Crippen LogP contribution in [0.5, 0.6) is 11.5 Å². The van der Waals surface area contributed by atoms with Gasteiger partial charge in [0.05, 0.1) is 33.5 Å². The summed E-state index contributed by atoms with van der Waals surface area (Å²) in [5, 5.41) is 9.69. The molecule has 0 spiro atoms. The Bertz CT molecular complexity index is 2270. The molecule has 0 unspecified atom stereocenters. The van der Waals surface area contributed by atoms with Gasteiger partial charge in [-0.05, 0) is 153 Å². The maximum absolute atomic E-state index is 14.9. The third-order valence-electron chi connectivity index (χ3n) is 14.7. The first-order chi connectivity index (χ1) is 26.5. The number of benzene rings is 4. The van der Waals surface area contributed by atoms with Crippen LogP contribution in [-0.4, -0.2) is 32.4 Å². The Hall–Kier alpha value is -4.75. The van der Waals surface area contributed by atoms with Crippen molar-refractivity contribution in [2.24, 2.45) is 33.5 Å². The number of rotatable bonds is 8. The summed E-state index contributed by atoms with van der Waals surface area (Å²) >= 11 is 0. The Morgan fingerprint density at radius 2 is 1.09 bits per heavy atom. The van der Waals surface area contributed by atoms with E-state index in [2.05, 4.69) is 53.7 Å². The van der Waals surface area contributed by atoms with Gasteiger partial charge in [-0.15, -0.1) is 0 Å². The number of esters is 1. The lowest BCUT2D eigenvalue weighted by molar-refractivity contribution is 0.0600. The van der Waals surface area contributed by atoms with E-state index in [9.17, 15) is 18.7 Å². The second-order valence-corrected chi connectivity index (χ2v) is 17.5. The molecule has 0 radical (unpaired) electrons. The van der Waals surface area contributed by atoms with Crippen molar-refractivity contribution < 1.29 is 32.9 Å². The molecular weight excluding hydrogens is 707 g/mol. The van der Waals surface area contributed by atoms with Gasteiger partial charge in [-0.2, -0.15) is 0 Å². The molecule has 8 rings (SSSR count). The number of fused-ring (bicyclic) bond motifs is 4. The second kappa shape index (κ2) is 14.3. The second-order valence-electron chi connectivity index (χ2n) is 17.5. The van der Waals surface area contributed by atoms with Gasteiger partial charge in [0.2, 0.25) is 0 Å². The number of aliphatic hydroxyl groups excluding tert-OH is 1. The monoisotopic (exact) mass is 760 g/mol. The Morgan fingerprint density at radius 3 is 1.48 bits per heavy atom. The van der Waals surface area contributed by atoms with Gasteiger partial charge in [0.1, 0.15) is 23.1 Å². The van der Waals surface area contributed by atoms with E-state index in [1.54, 1.807) is 44.6 Å². The molecule has 5 nitrogen and oxygen atoms in total. The summed E-state index contributed by atoms with van der Waals surface area (Å²) in [6.07, 6.45) is 9.31. The molecule has 4 aliphatic carbocycles. The smallest absolute Gasteiger partial charge is 0.337 e. The summed E-state index contributed by atoms with van der Waals surface area (Å²) in [6.45, 7) is 13.9. The molecule has 2 saturated carbocycles. The van der Waals surface area contributed by atoms with Crippen molar-refractivity contribution in [2.75, 3.05) is 21.3 Å². The summed E-state index contributed by atoms with van der Waals surface area (Å²) in [5.41, 5.74) is 8.70. The molecule has 4 aromatic carbocycles. The standard InChI is InChI=1S/C25H27FO3.C24H27FO2/c1-24(2)16-10-11-25(24,3)21(13-16)19-12-15(23(27)29-5)6-8-18(19)20-14-17(28-4)7-9-22(20)26;1-23(2)16-9-10-24(23,3)21(12-16)19-11-15(14-26)5-7-18(19)20-13-17(27-4)6-8-22(20)25/h6-9,12-14,16H,10-11H2,1-5H3;5-8,11-13,16,26H,9-10,14H2,1-4H3/t16-,25+;16-,24+/m11/s1. The van der Waals surface area contributed by atoms with Crippen molar-refractivity contribution in [1.82, 2.24) is 0 Å². The predicted octanol–water partition coefficient (Wildman–Crippen LogP) is 12.0. The van der Waals surface area contributed by atoms with Crippen LogP contribution >= 0.6 is 0 Å². The van der Waals surface area contributed by atoms with E-state index in [4.69, 9.17) is 14.2 Å². The summed E-state index contributed by atoms with van der Waals surface area (Å²) in [7, 11) is 4.54. The largest absolute Gasteiger partial charge is 0.497 e. The summed E-state index contributed by atoms with van der Waals surface area (Å²) in [4.78, 5) is 12.2. The average molecular weight is 761 g/mol. The topological polar surface area (TPSA) is 65.0 Å². The minimum atomic E-state index is -0.392. The molecule has 0 amide bonds. The molecule has 0 aromatic heterocycles. The molecule has 294 valence electrons. The Balaban J connectivity index is 0.000000172. The maximum Gasteiger partial charge on any atom is 0.337 e. The lowest BCUT2D eigenvalue weighted by Gasteiger charge is -2.38. The highest BCUT2D eigenvalue weighted by Crippen LogP contribution is 2.69. The third kappa shape index (κ3) is 6.09. The van der Waals surface area contributed by atoms with Crippen LogP contribution in [0.15, 0.2) is 84.9 Å². The Kier molecular flexibility index (Phi) is 10.1. The van der Waals surface area contributed by atoms with Gasteiger partial charge in [0.15, 0.2) is 0 Å². The van der Waals surface area contributed by atoms with Crippen LogP contribution in [0, 0.1) is 45.1 Å². The zero-order valence-electron chi connectivity index (χ0n) is 34.1. The van der Waals surface area contributed by atoms with E-state index in [1.807, 2.05) is 30.3 Å². The van der Waals surface area contributed by atoms with Gasteiger partial charge in [0, 0.05) is 11.1 Å². The first-order valence-corrected chi connectivity index (χ1v) is 19.6. The van der Waals surface area contributed by atoms with E-state index >= 15 is 0 Å². The summed E-state index contributed by atoms with van der Waals surface area (Å²) in [5.74, 6) is 1.28. The minimum absolute atomic E-state index is 0.0231. The number of hydrogen-bond acceptors (Lipinski definition) is 5. The number of hydrogen-bond donors (Lipinski definition) is 1. The van der Waals surface area contributed by atoms with Crippen molar-refractivity contribution in [2.45, 2.75) is 73.8 Å². The first-order valence-electron chi connectivity index (χ1n) is 19.6. The van der Waals surface area contributed by atoms with Crippen LogP contribution in [0.25, 0.3) is 33.4 Å². The highest BCUT2D eigenvalue weighted by Gasteiger charge is 2.58. The fourth-order valence-electron chi connectivity index (χ4n) is 10.2. The number of halogens is 2. The van der Waals surface area contributed by atoms with Crippen molar-refractivity contribution in [3.63, 3.8) is 0 Å².